The number of hydrogen-bond acceptors (Lipinski definition) is 1. The van der Waals surface area contributed by atoms with Crippen molar-refractivity contribution < 1.29 is 0 Å². The van der Waals surface area contributed by atoms with Crippen LogP contribution >= 0.6 is 11.6 Å². The first-order valence-electron chi connectivity index (χ1n) is 5.99. The first kappa shape index (κ1) is 14.1. The highest BCUT2D eigenvalue weighted by atomic mass is 35.5. The summed E-state index contributed by atoms with van der Waals surface area (Å²) in [6.07, 6.45) is 7.69. The Labute approximate surface area is 110 Å². The SMILES string of the molecule is C#CC(C)(C)NC(CCC)c1ccc(Cl)cc1. The molecule has 1 aromatic carbocycles. The molecule has 0 aliphatic carbocycles. The molecule has 0 spiro atoms. The molecule has 1 aromatic rings. The van der Waals surface area contributed by atoms with Crippen molar-refractivity contribution in [2.24, 2.45) is 0 Å². The van der Waals surface area contributed by atoms with Gasteiger partial charge < -0.3 is 0 Å². The number of nitrogens with one attached hydrogen (secondary N) is 1. The van der Waals surface area contributed by atoms with Crippen LogP contribution in [0.3, 0.4) is 0 Å². The number of hydrogen-bond donors (Lipinski definition) is 1. The molecule has 0 fully saturated rings. The zero-order chi connectivity index (χ0) is 12.9. The average Bonchev–Trinajstić information content (AvgIpc) is 2.29. The lowest BCUT2D eigenvalue weighted by Crippen LogP contribution is -2.40. The van der Waals surface area contributed by atoms with Gasteiger partial charge in [-0.3, -0.25) is 5.32 Å². The molecule has 1 nitrogen and oxygen atoms in total. The molecule has 0 saturated heterocycles. The second-order valence-corrected chi connectivity index (χ2v) is 5.24. The normalized spacial score (nSPS) is 13.1. The van der Waals surface area contributed by atoms with E-state index in [4.69, 9.17) is 18.0 Å². The molecule has 17 heavy (non-hydrogen) atoms. The Morgan fingerprint density at radius 1 is 1.35 bits per heavy atom. The maximum Gasteiger partial charge on any atom is 0.0745 e. The highest BCUT2D eigenvalue weighted by molar-refractivity contribution is 6.30. The van der Waals surface area contributed by atoms with Crippen molar-refractivity contribution >= 4 is 11.6 Å². The largest absolute Gasteiger partial charge is 0.295 e. The van der Waals surface area contributed by atoms with Gasteiger partial charge >= 0.3 is 0 Å². The predicted molar refractivity (Wildman–Crippen MR) is 75.1 cm³/mol. The lowest BCUT2D eigenvalue weighted by atomic mass is 9.97. The van der Waals surface area contributed by atoms with E-state index in [0.29, 0.717) is 0 Å². The van der Waals surface area contributed by atoms with E-state index in [1.165, 1.54) is 5.56 Å². The Morgan fingerprint density at radius 2 is 1.94 bits per heavy atom. The molecule has 0 saturated carbocycles. The van der Waals surface area contributed by atoms with Gasteiger partial charge in [-0.25, -0.2) is 0 Å². The molecule has 1 atom stereocenters. The van der Waals surface area contributed by atoms with Crippen LogP contribution in [0.1, 0.15) is 45.2 Å². The van der Waals surface area contributed by atoms with Crippen LogP contribution in [-0.4, -0.2) is 5.54 Å². The van der Waals surface area contributed by atoms with Crippen LogP contribution in [0.25, 0.3) is 0 Å². The maximum atomic E-state index is 5.90. The molecule has 0 aromatic heterocycles. The molecule has 0 heterocycles. The summed E-state index contributed by atoms with van der Waals surface area (Å²) < 4.78 is 0. The van der Waals surface area contributed by atoms with Gasteiger partial charge in [0.05, 0.1) is 5.54 Å². The van der Waals surface area contributed by atoms with E-state index in [9.17, 15) is 0 Å². The molecule has 92 valence electrons. The van der Waals surface area contributed by atoms with Crippen molar-refractivity contribution in [2.45, 2.75) is 45.2 Å². The molecule has 0 bridgehead atoms. The highest BCUT2D eigenvalue weighted by Gasteiger charge is 2.20. The van der Waals surface area contributed by atoms with Crippen molar-refractivity contribution in [3.63, 3.8) is 0 Å². The Morgan fingerprint density at radius 3 is 2.41 bits per heavy atom. The van der Waals surface area contributed by atoms with Crippen molar-refractivity contribution in [1.29, 1.82) is 0 Å². The van der Waals surface area contributed by atoms with Gasteiger partial charge in [0.15, 0.2) is 0 Å². The summed E-state index contributed by atoms with van der Waals surface area (Å²) in [4.78, 5) is 0. The van der Waals surface area contributed by atoms with E-state index in [-0.39, 0.29) is 11.6 Å². The zero-order valence-electron chi connectivity index (χ0n) is 10.8. The van der Waals surface area contributed by atoms with Crippen LogP contribution in [0.2, 0.25) is 5.02 Å². The Kier molecular flexibility index (Phi) is 5.05. The van der Waals surface area contributed by atoms with Crippen molar-refractivity contribution in [3.8, 4) is 12.3 Å². The summed E-state index contributed by atoms with van der Waals surface area (Å²) in [6, 6.07) is 8.24. The molecule has 1 N–H and O–H groups in total. The summed E-state index contributed by atoms with van der Waals surface area (Å²) >= 11 is 5.90. The second-order valence-electron chi connectivity index (χ2n) is 4.81. The molecular weight excluding hydrogens is 230 g/mol. The summed E-state index contributed by atoms with van der Waals surface area (Å²) in [6.45, 7) is 6.21. The third-order valence-electron chi connectivity index (χ3n) is 2.75. The number of rotatable bonds is 5. The van der Waals surface area contributed by atoms with E-state index in [2.05, 4.69) is 30.3 Å². The first-order chi connectivity index (χ1) is 7.98. The monoisotopic (exact) mass is 249 g/mol. The van der Waals surface area contributed by atoms with Gasteiger partial charge in [-0.2, -0.15) is 0 Å². The Bertz CT molecular complexity index is 386. The highest BCUT2D eigenvalue weighted by Crippen LogP contribution is 2.23. The zero-order valence-corrected chi connectivity index (χ0v) is 11.5. The fourth-order valence-electron chi connectivity index (χ4n) is 1.78. The summed E-state index contributed by atoms with van der Waals surface area (Å²) in [5, 5.41) is 4.26. The quantitative estimate of drug-likeness (QED) is 0.772. The summed E-state index contributed by atoms with van der Waals surface area (Å²) in [5.41, 5.74) is 0.944. The van der Waals surface area contributed by atoms with E-state index in [0.717, 1.165) is 17.9 Å². The maximum absolute atomic E-state index is 5.90. The fourth-order valence-corrected chi connectivity index (χ4v) is 1.91. The average molecular weight is 250 g/mol. The number of benzene rings is 1. The van der Waals surface area contributed by atoms with Gasteiger partial charge in [-0.05, 0) is 38.0 Å². The van der Waals surface area contributed by atoms with Gasteiger partial charge in [0.1, 0.15) is 0 Å². The minimum atomic E-state index is -0.292. The van der Waals surface area contributed by atoms with Gasteiger partial charge in [0.2, 0.25) is 0 Å². The minimum absolute atomic E-state index is 0.281. The second kappa shape index (κ2) is 6.10. The topological polar surface area (TPSA) is 12.0 Å². The van der Waals surface area contributed by atoms with Gasteiger partial charge in [-0.15, -0.1) is 6.42 Å². The molecule has 0 radical (unpaired) electrons. The van der Waals surface area contributed by atoms with E-state index >= 15 is 0 Å². The minimum Gasteiger partial charge on any atom is -0.295 e. The first-order valence-corrected chi connectivity index (χ1v) is 6.37. The predicted octanol–water partition coefficient (Wildman–Crippen LogP) is 4.18. The van der Waals surface area contributed by atoms with E-state index in [1.807, 2.05) is 26.0 Å². The Balaban J connectivity index is 2.86. The molecule has 0 aliphatic heterocycles. The number of terminal acetylenes is 1. The smallest absolute Gasteiger partial charge is 0.0745 e. The van der Waals surface area contributed by atoms with E-state index < -0.39 is 0 Å². The van der Waals surface area contributed by atoms with Crippen LogP contribution in [-0.2, 0) is 0 Å². The van der Waals surface area contributed by atoms with Gasteiger partial charge in [0, 0.05) is 11.1 Å². The van der Waals surface area contributed by atoms with Crippen LogP contribution in [0.5, 0.6) is 0 Å². The van der Waals surface area contributed by atoms with Crippen LogP contribution in [0.15, 0.2) is 24.3 Å². The molecule has 0 aliphatic rings. The lowest BCUT2D eigenvalue weighted by Gasteiger charge is -2.28. The van der Waals surface area contributed by atoms with Crippen LogP contribution in [0, 0.1) is 12.3 Å². The van der Waals surface area contributed by atoms with E-state index in [1.54, 1.807) is 0 Å². The van der Waals surface area contributed by atoms with Crippen molar-refractivity contribution in [1.82, 2.24) is 5.32 Å². The Hall–Kier alpha value is -0.970. The standard InChI is InChI=1S/C15H20ClN/c1-5-7-14(17-15(3,4)6-2)12-8-10-13(16)11-9-12/h2,8-11,14,17H,5,7H2,1,3-4H3. The summed E-state index contributed by atoms with van der Waals surface area (Å²) in [7, 11) is 0. The summed E-state index contributed by atoms with van der Waals surface area (Å²) in [5.74, 6) is 2.77. The third kappa shape index (κ3) is 4.42. The van der Waals surface area contributed by atoms with Crippen molar-refractivity contribution in [3.05, 3.63) is 34.9 Å². The van der Waals surface area contributed by atoms with Crippen LogP contribution in [0.4, 0.5) is 0 Å². The van der Waals surface area contributed by atoms with Crippen LogP contribution < -0.4 is 5.32 Å². The van der Waals surface area contributed by atoms with Gasteiger partial charge in [-0.1, -0.05) is 43.0 Å². The van der Waals surface area contributed by atoms with Crippen molar-refractivity contribution in [2.75, 3.05) is 0 Å². The lowest BCUT2D eigenvalue weighted by molar-refractivity contribution is 0.392. The molecule has 1 unspecified atom stereocenters. The molecule has 1 rings (SSSR count). The number of halogens is 1. The third-order valence-corrected chi connectivity index (χ3v) is 3.00. The van der Waals surface area contributed by atoms with Gasteiger partial charge in [0.25, 0.3) is 0 Å². The fraction of sp³-hybridized carbons (Fsp3) is 0.467. The molecule has 2 heteroatoms. The molecule has 0 amide bonds. The molecular formula is C15H20ClN.